The van der Waals surface area contributed by atoms with Gasteiger partial charge in [-0.3, -0.25) is 9.00 Å². The normalized spacial score (nSPS) is 18.0. The third-order valence-electron chi connectivity index (χ3n) is 4.38. The number of carbonyl (C=O) groups excluding carboxylic acids is 1. The third kappa shape index (κ3) is 6.98. The average Bonchev–Trinajstić information content (AvgIpc) is 3.18. The SMILES string of the molecule is CC.CCOC(=O)C(C)(CC1CC(c2ccc(C#CCCO)cc2)=NO1)S(C)=O. The van der Waals surface area contributed by atoms with Crippen molar-refractivity contribution in [3.63, 3.8) is 0 Å². The molecule has 1 heterocycles. The van der Waals surface area contributed by atoms with Crippen LogP contribution in [0.15, 0.2) is 29.4 Å². The minimum Gasteiger partial charge on any atom is -0.465 e. The van der Waals surface area contributed by atoms with Gasteiger partial charge in [0.05, 0.1) is 18.9 Å². The monoisotopic (exact) mass is 421 g/mol. The van der Waals surface area contributed by atoms with E-state index >= 15 is 0 Å². The molecule has 0 aromatic heterocycles. The minimum atomic E-state index is -1.40. The predicted octanol–water partition coefficient (Wildman–Crippen LogP) is 3.03. The first-order chi connectivity index (χ1) is 13.9. The first-order valence-corrected chi connectivity index (χ1v) is 11.4. The lowest BCUT2D eigenvalue weighted by atomic mass is 9.97. The number of aliphatic hydroxyl groups is 1. The molecule has 0 saturated carbocycles. The Labute approximate surface area is 176 Å². The van der Waals surface area contributed by atoms with Crippen molar-refractivity contribution < 1.29 is 23.7 Å². The van der Waals surface area contributed by atoms with Crippen molar-refractivity contribution in [1.82, 2.24) is 0 Å². The molecule has 7 heteroatoms. The molecular weight excluding hydrogens is 390 g/mol. The average molecular weight is 422 g/mol. The van der Waals surface area contributed by atoms with Crippen molar-refractivity contribution in [2.75, 3.05) is 19.5 Å². The molecule has 6 nitrogen and oxygen atoms in total. The van der Waals surface area contributed by atoms with Crippen molar-refractivity contribution >= 4 is 22.5 Å². The van der Waals surface area contributed by atoms with Crippen molar-refractivity contribution in [2.45, 2.75) is 57.8 Å². The fraction of sp³-hybridized carbons (Fsp3) is 0.545. The maximum absolute atomic E-state index is 12.3. The Kier molecular flexibility index (Phi) is 10.6. The summed E-state index contributed by atoms with van der Waals surface area (Å²) in [5, 5.41) is 12.9. The number of hydrogen-bond donors (Lipinski definition) is 1. The van der Waals surface area contributed by atoms with E-state index in [-0.39, 0.29) is 25.7 Å². The quantitative estimate of drug-likeness (QED) is 0.540. The molecule has 0 saturated heterocycles. The molecule has 1 aliphatic heterocycles. The van der Waals surface area contributed by atoms with Gasteiger partial charge in [0.25, 0.3) is 0 Å². The van der Waals surface area contributed by atoms with Crippen LogP contribution in [0, 0.1) is 11.8 Å². The van der Waals surface area contributed by atoms with Crippen LogP contribution in [-0.4, -0.2) is 51.3 Å². The maximum Gasteiger partial charge on any atom is 0.324 e. The standard InChI is InChI=1S/C20H25NO5S.C2H6/c1-4-25-19(23)20(2,27(3)24)14-17-13-18(21-26-17)16-10-8-15(9-11-16)7-5-6-12-22;1-2/h8-11,17,22H,4,6,12-14H2,1-3H3;1-2H3. The van der Waals surface area contributed by atoms with Gasteiger partial charge in [0, 0.05) is 41.9 Å². The van der Waals surface area contributed by atoms with Crippen LogP contribution in [0.2, 0.25) is 0 Å². The molecule has 0 spiro atoms. The highest BCUT2D eigenvalue weighted by atomic mass is 32.2. The maximum atomic E-state index is 12.3. The molecule has 0 amide bonds. The van der Waals surface area contributed by atoms with Crippen LogP contribution in [0.4, 0.5) is 0 Å². The number of ether oxygens (including phenoxy) is 1. The summed E-state index contributed by atoms with van der Waals surface area (Å²) in [4.78, 5) is 17.7. The van der Waals surface area contributed by atoms with Gasteiger partial charge in [-0.1, -0.05) is 43.0 Å². The van der Waals surface area contributed by atoms with Crippen LogP contribution in [-0.2, 0) is 25.2 Å². The van der Waals surface area contributed by atoms with Crippen molar-refractivity contribution in [3.05, 3.63) is 35.4 Å². The smallest absolute Gasteiger partial charge is 0.324 e. The van der Waals surface area contributed by atoms with E-state index in [9.17, 15) is 9.00 Å². The molecule has 160 valence electrons. The van der Waals surface area contributed by atoms with E-state index in [0.29, 0.717) is 12.8 Å². The van der Waals surface area contributed by atoms with E-state index in [1.165, 1.54) is 6.26 Å². The summed E-state index contributed by atoms with van der Waals surface area (Å²) in [5.41, 5.74) is 2.56. The van der Waals surface area contributed by atoms with Gasteiger partial charge in [0.15, 0.2) is 0 Å². The Hall–Kier alpha value is -2.17. The van der Waals surface area contributed by atoms with E-state index < -0.39 is 21.5 Å². The van der Waals surface area contributed by atoms with E-state index in [1.54, 1.807) is 13.8 Å². The molecule has 0 bridgehead atoms. The summed E-state index contributed by atoms with van der Waals surface area (Å²) in [7, 11) is -1.40. The zero-order chi connectivity index (χ0) is 21.9. The highest BCUT2D eigenvalue weighted by Gasteiger charge is 2.43. The molecule has 3 unspecified atom stereocenters. The topological polar surface area (TPSA) is 85.2 Å². The molecule has 1 N–H and O–H groups in total. The number of aliphatic hydroxyl groups excluding tert-OH is 1. The number of benzene rings is 1. The molecule has 0 fully saturated rings. The third-order valence-corrected chi connectivity index (χ3v) is 5.98. The molecule has 0 aliphatic carbocycles. The van der Waals surface area contributed by atoms with Gasteiger partial charge in [-0.05, 0) is 31.5 Å². The lowest BCUT2D eigenvalue weighted by Crippen LogP contribution is -2.44. The number of rotatable bonds is 7. The van der Waals surface area contributed by atoms with Crippen LogP contribution in [0.3, 0.4) is 0 Å². The Morgan fingerprint density at radius 2 is 2.03 bits per heavy atom. The van der Waals surface area contributed by atoms with Crippen LogP contribution >= 0.6 is 0 Å². The summed E-state index contributed by atoms with van der Waals surface area (Å²) in [5.74, 6) is 5.37. The first-order valence-electron chi connectivity index (χ1n) is 9.84. The van der Waals surface area contributed by atoms with Crippen molar-refractivity contribution in [2.24, 2.45) is 5.16 Å². The van der Waals surface area contributed by atoms with Crippen LogP contribution < -0.4 is 0 Å². The number of nitrogens with zero attached hydrogens (tertiary/aromatic N) is 1. The van der Waals surface area contributed by atoms with Gasteiger partial charge >= 0.3 is 5.97 Å². The van der Waals surface area contributed by atoms with Gasteiger partial charge < -0.3 is 14.7 Å². The van der Waals surface area contributed by atoms with E-state index in [2.05, 4.69) is 17.0 Å². The molecular formula is C22H31NO5S. The van der Waals surface area contributed by atoms with E-state index in [4.69, 9.17) is 14.7 Å². The van der Waals surface area contributed by atoms with Crippen molar-refractivity contribution in [3.8, 4) is 11.8 Å². The van der Waals surface area contributed by atoms with Gasteiger partial charge in [-0.25, -0.2) is 0 Å². The molecule has 2 rings (SSSR count). The number of oxime groups is 1. The van der Waals surface area contributed by atoms with Crippen LogP contribution in [0.1, 0.15) is 58.1 Å². The van der Waals surface area contributed by atoms with E-state index in [0.717, 1.165) is 16.8 Å². The predicted molar refractivity (Wildman–Crippen MR) is 116 cm³/mol. The van der Waals surface area contributed by atoms with Gasteiger partial charge in [0.2, 0.25) is 0 Å². The largest absolute Gasteiger partial charge is 0.465 e. The second-order valence-electron chi connectivity index (χ2n) is 6.43. The van der Waals surface area contributed by atoms with Crippen LogP contribution in [0.5, 0.6) is 0 Å². The zero-order valence-electron chi connectivity index (χ0n) is 17.9. The molecule has 3 atom stereocenters. The summed E-state index contributed by atoms with van der Waals surface area (Å²) in [6.07, 6.45) is 2.42. The fourth-order valence-electron chi connectivity index (χ4n) is 2.71. The lowest BCUT2D eigenvalue weighted by Gasteiger charge is -2.26. The minimum absolute atomic E-state index is 0.0495. The molecule has 1 aliphatic rings. The van der Waals surface area contributed by atoms with Gasteiger partial charge in [-0.15, -0.1) is 0 Å². The lowest BCUT2D eigenvalue weighted by molar-refractivity contribution is -0.146. The van der Waals surface area contributed by atoms with Gasteiger partial charge in [-0.2, -0.15) is 0 Å². The first kappa shape index (κ1) is 24.9. The highest BCUT2D eigenvalue weighted by molar-refractivity contribution is 7.86. The second kappa shape index (κ2) is 12.4. The van der Waals surface area contributed by atoms with Crippen LogP contribution in [0.25, 0.3) is 0 Å². The van der Waals surface area contributed by atoms with E-state index in [1.807, 2.05) is 38.1 Å². The Balaban J connectivity index is 0.00000204. The summed E-state index contributed by atoms with van der Waals surface area (Å²) in [6, 6.07) is 7.60. The number of hydrogen-bond acceptors (Lipinski definition) is 6. The highest BCUT2D eigenvalue weighted by Crippen LogP contribution is 2.28. The Morgan fingerprint density at radius 1 is 1.38 bits per heavy atom. The Morgan fingerprint density at radius 3 is 2.59 bits per heavy atom. The number of carbonyl (C=O) groups is 1. The van der Waals surface area contributed by atoms with Crippen molar-refractivity contribution in [1.29, 1.82) is 0 Å². The molecule has 1 aromatic rings. The fourth-order valence-corrected chi connectivity index (χ4v) is 3.43. The zero-order valence-corrected chi connectivity index (χ0v) is 18.7. The Bertz CT molecular complexity index is 779. The molecule has 1 aromatic carbocycles. The summed E-state index contributed by atoms with van der Waals surface area (Å²) in [6.45, 7) is 7.66. The van der Waals surface area contributed by atoms with Gasteiger partial charge in [0.1, 0.15) is 10.9 Å². The molecule has 29 heavy (non-hydrogen) atoms. The second-order valence-corrected chi connectivity index (χ2v) is 8.24. The molecule has 0 radical (unpaired) electrons. The number of esters is 1. The summed E-state index contributed by atoms with van der Waals surface area (Å²) >= 11 is 0. The summed E-state index contributed by atoms with van der Waals surface area (Å²) < 4.78 is 16.1.